The van der Waals surface area contributed by atoms with Gasteiger partial charge < -0.3 is 20.3 Å². The molecule has 0 bridgehead atoms. The molecule has 160 valence electrons. The van der Waals surface area contributed by atoms with E-state index in [1.165, 1.54) is 0 Å². The van der Waals surface area contributed by atoms with Crippen molar-refractivity contribution in [3.63, 3.8) is 0 Å². The minimum atomic E-state index is -0.999. The molecule has 3 aliphatic rings. The van der Waals surface area contributed by atoms with E-state index in [4.69, 9.17) is 4.74 Å². The molecule has 0 atom stereocenters. The summed E-state index contributed by atoms with van der Waals surface area (Å²) in [5.41, 5.74) is -0.0869. The predicted molar refractivity (Wildman–Crippen MR) is 107 cm³/mol. The minimum absolute atomic E-state index is 0.162. The summed E-state index contributed by atoms with van der Waals surface area (Å²) in [5.74, 6) is -0.294. The van der Waals surface area contributed by atoms with Crippen molar-refractivity contribution in [1.82, 2.24) is 20.4 Å². The summed E-state index contributed by atoms with van der Waals surface area (Å²) in [4.78, 5) is 52.1. The molecule has 0 aromatic heterocycles. The third kappa shape index (κ3) is 3.48. The molecule has 4 rings (SSSR count). The third-order valence-corrected chi connectivity index (χ3v) is 6.04. The molecule has 0 aliphatic carbocycles. The van der Waals surface area contributed by atoms with E-state index < -0.39 is 23.1 Å². The molecular formula is C21H26N4O5. The number of urea groups is 1. The molecule has 0 saturated carbocycles. The van der Waals surface area contributed by atoms with Crippen molar-refractivity contribution in [2.45, 2.75) is 44.8 Å². The van der Waals surface area contributed by atoms with Crippen molar-refractivity contribution < 1.29 is 23.9 Å². The fraction of sp³-hybridized carbons (Fsp3) is 0.524. The predicted octanol–water partition coefficient (Wildman–Crippen LogP) is 0.809. The number of likely N-dealkylation sites (tertiary alicyclic amines) is 1. The summed E-state index contributed by atoms with van der Waals surface area (Å²) in [6, 6.07) is 4.98. The maximum atomic E-state index is 12.7. The second-order valence-corrected chi connectivity index (χ2v) is 8.79. The second-order valence-electron chi connectivity index (χ2n) is 8.79. The number of hydrogen-bond acceptors (Lipinski definition) is 5. The highest BCUT2D eigenvalue weighted by Gasteiger charge is 2.46. The highest BCUT2D eigenvalue weighted by atomic mass is 16.5. The standard InChI is InChI=1S/C21H26N4O5/c1-13-4-5-15-14(10-13)17(27)22-12-21(30-15)6-8-24(9-7-21)16(26)11-25-18(28)20(2,3)23-19(25)29/h4-5,10H,6-9,11-12H2,1-3H3,(H,22,27)(H,23,29). The van der Waals surface area contributed by atoms with Gasteiger partial charge in [0.25, 0.3) is 11.8 Å². The van der Waals surface area contributed by atoms with Crippen LogP contribution in [0, 0.1) is 6.92 Å². The van der Waals surface area contributed by atoms with Gasteiger partial charge in [-0.3, -0.25) is 19.3 Å². The van der Waals surface area contributed by atoms with Gasteiger partial charge in [-0.25, -0.2) is 4.79 Å². The van der Waals surface area contributed by atoms with Gasteiger partial charge >= 0.3 is 6.03 Å². The molecule has 3 heterocycles. The lowest BCUT2D eigenvalue weighted by molar-refractivity contribution is -0.140. The molecule has 2 fully saturated rings. The number of nitrogens with one attached hydrogen (secondary N) is 2. The first kappa shape index (κ1) is 20.2. The largest absolute Gasteiger partial charge is 0.484 e. The first-order valence-corrected chi connectivity index (χ1v) is 10.1. The summed E-state index contributed by atoms with van der Waals surface area (Å²) in [5, 5.41) is 5.52. The number of carbonyl (C=O) groups excluding carboxylic acids is 4. The molecule has 1 aromatic rings. The van der Waals surface area contributed by atoms with E-state index in [2.05, 4.69) is 10.6 Å². The van der Waals surface area contributed by atoms with Crippen LogP contribution in [0.1, 0.15) is 42.6 Å². The minimum Gasteiger partial charge on any atom is -0.484 e. The first-order valence-electron chi connectivity index (χ1n) is 10.1. The molecule has 1 aromatic carbocycles. The fourth-order valence-corrected chi connectivity index (χ4v) is 4.16. The Morgan fingerprint density at radius 3 is 2.50 bits per heavy atom. The van der Waals surface area contributed by atoms with Gasteiger partial charge in [-0.2, -0.15) is 0 Å². The van der Waals surface area contributed by atoms with Crippen LogP contribution >= 0.6 is 0 Å². The number of carbonyl (C=O) groups is 4. The smallest absolute Gasteiger partial charge is 0.325 e. The van der Waals surface area contributed by atoms with Crippen LogP contribution in [0.2, 0.25) is 0 Å². The first-order chi connectivity index (χ1) is 14.1. The number of rotatable bonds is 2. The van der Waals surface area contributed by atoms with Gasteiger partial charge in [0.15, 0.2) is 0 Å². The zero-order chi connectivity index (χ0) is 21.7. The number of piperidine rings is 1. The SMILES string of the molecule is Cc1ccc2c(c1)C(=O)NCC1(CCN(C(=O)CN3C(=O)NC(C)(C)C3=O)CC1)O2. The molecular weight excluding hydrogens is 388 g/mol. The summed E-state index contributed by atoms with van der Waals surface area (Å²) in [6.45, 7) is 6.07. The highest BCUT2D eigenvalue weighted by molar-refractivity contribution is 6.08. The zero-order valence-electron chi connectivity index (χ0n) is 17.4. The van der Waals surface area contributed by atoms with Crippen LogP contribution in [0.5, 0.6) is 5.75 Å². The topological polar surface area (TPSA) is 108 Å². The van der Waals surface area contributed by atoms with Crippen molar-refractivity contribution in [2.24, 2.45) is 0 Å². The normalized spacial score (nSPS) is 22.2. The summed E-state index contributed by atoms with van der Waals surface area (Å²) in [7, 11) is 0. The van der Waals surface area contributed by atoms with E-state index in [1.807, 2.05) is 25.1 Å². The van der Waals surface area contributed by atoms with E-state index >= 15 is 0 Å². The van der Waals surface area contributed by atoms with Gasteiger partial charge in [-0.05, 0) is 32.9 Å². The number of hydrogen-bond donors (Lipinski definition) is 2. The lowest BCUT2D eigenvalue weighted by atomic mass is 9.90. The van der Waals surface area contributed by atoms with E-state index in [-0.39, 0.29) is 18.4 Å². The molecule has 9 nitrogen and oxygen atoms in total. The Balaban J connectivity index is 1.42. The maximum absolute atomic E-state index is 12.7. The van der Waals surface area contributed by atoms with Gasteiger partial charge in [0.2, 0.25) is 5.91 Å². The maximum Gasteiger partial charge on any atom is 0.325 e. The molecule has 0 radical (unpaired) electrons. The summed E-state index contributed by atoms with van der Waals surface area (Å²) >= 11 is 0. The van der Waals surface area contributed by atoms with Crippen LogP contribution in [0.4, 0.5) is 4.79 Å². The van der Waals surface area contributed by atoms with Gasteiger partial charge in [-0.1, -0.05) is 11.6 Å². The molecule has 30 heavy (non-hydrogen) atoms. The Morgan fingerprint density at radius 2 is 1.87 bits per heavy atom. The number of amides is 5. The van der Waals surface area contributed by atoms with Crippen molar-refractivity contribution in [1.29, 1.82) is 0 Å². The molecule has 1 spiro atoms. The van der Waals surface area contributed by atoms with Gasteiger partial charge in [0.05, 0.1) is 12.1 Å². The number of aryl methyl sites for hydroxylation is 1. The van der Waals surface area contributed by atoms with Crippen LogP contribution in [0.25, 0.3) is 0 Å². The average Bonchev–Trinajstić information content (AvgIpc) is 2.81. The zero-order valence-corrected chi connectivity index (χ0v) is 17.4. The molecule has 3 aliphatic heterocycles. The van der Waals surface area contributed by atoms with Crippen LogP contribution in [-0.2, 0) is 9.59 Å². The van der Waals surface area contributed by atoms with Crippen molar-refractivity contribution >= 4 is 23.8 Å². The Morgan fingerprint density at radius 1 is 1.17 bits per heavy atom. The van der Waals surface area contributed by atoms with Crippen LogP contribution < -0.4 is 15.4 Å². The highest BCUT2D eigenvalue weighted by Crippen LogP contribution is 2.33. The molecule has 9 heteroatoms. The lowest BCUT2D eigenvalue weighted by Crippen LogP contribution is -2.55. The Hall–Kier alpha value is -3.10. The fourth-order valence-electron chi connectivity index (χ4n) is 4.16. The Labute approximate surface area is 174 Å². The van der Waals surface area contributed by atoms with Gasteiger partial charge in [-0.15, -0.1) is 0 Å². The summed E-state index contributed by atoms with van der Waals surface area (Å²) in [6.07, 6.45) is 1.08. The number of fused-ring (bicyclic) bond motifs is 1. The lowest BCUT2D eigenvalue weighted by Gasteiger charge is -2.41. The quantitative estimate of drug-likeness (QED) is 0.697. The molecule has 5 amide bonds. The van der Waals surface area contributed by atoms with Crippen molar-refractivity contribution in [3.05, 3.63) is 29.3 Å². The average molecular weight is 414 g/mol. The van der Waals surface area contributed by atoms with Crippen LogP contribution in [0.3, 0.4) is 0 Å². The Bertz CT molecular complexity index is 933. The number of benzene rings is 1. The van der Waals surface area contributed by atoms with E-state index in [9.17, 15) is 19.2 Å². The van der Waals surface area contributed by atoms with E-state index in [1.54, 1.807) is 18.7 Å². The number of nitrogens with zero attached hydrogens (tertiary/aromatic N) is 2. The second kappa shape index (κ2) is 7.00. The van der Waals surface area contributed by atoms with Gasteiger partial charge in [0, 0.05) is 25.9 Å². The van der Waals surface area contributed by atoms with Crippen LogP contribution in [-0.4, -0.2) is 70.9 Å². The van der Waals surface area contributed by atoms with Crippen molar-refractivity contribution in [2.75, 3.05) is 26.2 Å². The van der Waals surface area contributed by atoms with Crippen molar-refractivity contribution in [3.8, 4) is 5.75 Å². The summed E-state index contributed by atoms with van der Waals surface area (Å²) < 4.78 is 6.28. The monoisotopic (exact) mass is 414 g/mol. The molecule has 0 unspecified atom stereocenters. The third-order valence-electron chi connectivity index (χ3n) is 6.04. The number of ether oxygens (including phenoxy) is 1. The van der Waals surface area contributed by atoms with E-state index in [0.29, 0.717) is 43.8 Å². The van der Waals surface area contributed by atoms with E-state index in [0.717, 1.165) is 10.5 Å². The van der Waals surface area contributed by atoms with Gasteiger partial charge in [0.1, 0.15) is 23.4 Å². The molecule has 2 N–H and O–H groups in total. The van der Waals surface area contributed by atoms with Crippen LogP contribution in [0.15, 0.2) is 18.2 Å². The Kier molecular flexibility index (Phi) is 4.71. The molecule has 2 saturated heterocycles. The number of imide groups is 1.